The first-order valence-corrected chi connectivity index (χ1v) is 6.15. The van der Waals surface area contributed by atoms with Crippen LogP contribution in [0.3, 0.4) is 0 Å². The van der Waals surface area contributed by atoms with Crippen LogP contribution in [0.5, 0.6) is 0 Å². The molecular formula is C12H25NO2. The van der Waals surface area contributed by atoms with E-state index in [-0.39, 0.29) is 0 Å². The summed E-state index contributed by atoms with van der Waals surface area (Å²) >= 11 is 0. The minimum atomic E-state index is 0.300. The van der Waals surface area contributed by atoms with Gasteiger partial charge in [0.1, 0.15) is 0 Å². The van der Waals surface area contributed by atoms with Crippen molar-refractivity contribution >= 4 is 0 Å². The van der Waals surface area contributed by atoms with Gasteiger partial charge in [-0.25, -0.2) is 0 Å². The molecule has 3 atom stereocenters. The van der Waals surface area contributed by atoms with Gasteiger partial charge in [0, 0.05) is 26.3 Å². The van der Waals surface area contributed by atoms with Gasteiger partial charge in [-0.05, 0) is 26.7 Å². The maximum absolute atomic E-state index is 5.50. The fourth-order valence-corrected chi connectivity index (χ4v) is 2.27. The fraction of sp³-hybridized carbons (Fsp3) is 1.00. The molecule has 1 saturated carbocycles. The standard InChI is InChI=1S/C12H25NO2/c1-4-15-10(2)9-13-11-7-5-6-8-12(11)14-3/h10-13H,4-9H2,1-3H3. The zero-order chi connectivity index (χ0) is 11.1. The molecule has 3 unspecified atom stereocenters. The minimum Gasteiger partial charge on any atom is -0.380 e. The van der Waals surface area contributed by atoms with Crippen LogP contribution in [0.2, 0.25) is 0 Å². The van der Waals surface area contributed by atoms with Crippen LogP contribution in [-0.2, 0) is 9.47 Å². The van der Waals surface area contributed by atoms with Crippen LogP contribution in [0, 0.1) is 0 Å². The van der Waals surface area contributed by atoms with Gasteiger partial charge in [0.2, 0.25) is 0 Å². The van der Waals surface area contributed by atoms with E-state index in [4.69, 9.17) is 9.47 Å². The third kappa shape index (κ3) is 4.49. The fourth-order valence-electron chi connectivity index (χ4n) is 2.27. The van der Waals surface area contributed by atoms with Crippen LogP contribution in [-0.4, -0.2) is 38.5 Å². The molecule has 0 spiro atoms. The predicted octanol–water partition coefficient (Wildman–Crippen LogP) is 1.96. The van der Waals surface area contributed by atoms with Crippen molar-refractivity contribution in [1.29, 1.82) is 0 Å². The van der Waals surface area contributed by atoms with Gasteiger partial charge in [-0.2, -0.15) is 0 Å². The average Bonchev–Trinajstić information content (AvgIpc) is 2.27. The van der Waals surface area contributed by atoms with E-state index in [0.29, 0.717) is 18.2 Å². The lowest BCUT2D eigenvalue weighted by atomic mass is 9.92. The number of methoxy groups -OCH3 is 1. The Morgan fingerprint density at radius 2 is 2.07 bits per heavy atom. The number of ether oxygens (including phenoxy) is 2. The van der Waals surface area contributed by atoms with E-state index in [1.54, 1.807) is 0 Å². The molecule has 0 aromatic heterocycles. The van der Waals surface area contributed by atoms with Crippen molar-refractivity contribution in [3.05, 3.63) is 0 Å². The highest BCUT2D eigenvalue weighted by atomic mass is 16.5. The van der Waals surface area contributed by atoms with Gasteiger partial charge < -0.3 is 14.8 Å². The molecule has 3 nitrogen and oxygen atoms in total. The van der Waals surface area contributed by atoms with Crippen LogP contribution in [0.1, 0.15) is 39.5 Å². The van der Waals surface area contributed by atoms with E-state index in [9.17, 15) is 0 Å². The Hall–Kier alpha value is -0.120. The summed E-state index contributed by atoms with van der Waals surface area (Å²) in [5, 5.41) is 3.56. The van der Waals surface area contributed by atoms with E-state index < -0.39 is 0 Å². The highest BCUT2D eigenvalue weighted by Gasteiger charge is 2.24. The lowest BCUT2D eigenvalue weighted by molar-refractivity contribution is 0.0286. The first-order chi connectivity index (χ1) is 7.27. The van der Waals surface area contributed by atoms with E-state index in [1.807, 2.05) is 14.0 Å². The molecule has 0 aliphatic heterocycles. The lowest BCUT2D eigenvalue weighted by Gasteiger charge is -2.32. The molecule has 15 heavy (non-hydrogen) atoms. The quantitative estimate of drug-likeness (QED) is 0.734. The molecule has 0 radical (unpaired) electrons. The molecule has 1 aliphatic carbocycles. The van der Waals surface area contributed by atoms with Gasteiger partial charge in [-0.15, -0.1) is 0 Å². The lowest BCUT2D eigenvalue weighted by Crippen LogP contribution is -2.45. The molecular weight excluding hydrogens is 190 g/mol. The summed E-state index contributed by atoms with van der Waals surface area (Å²) in [6.07, 6.45) is 5.74. The average molecular weight is 215 g/mol. The Bertz CT molecular complexity index is 164. The maximum atomic E-state index is 5.50. The van der Waals surface area contributed by atoms with Gasteiger partial charge in [0.15, 0.2) is 0 Å². The zero-order valence-corrected chi connectivity index (χ0v) is 10.3. The summed E-state index contributed by atoms with van der Waals surface area (Å²) in [4.78, 5) is 0. The van der Waals surface area contributed by atoms with Crippen molar-refractivity contribution < 1.29 is 9.47 Å². The molecule has 0 bridgehead atoms. The molecule has 1 aliphatic rings. The third-order valence-electron chi connectivity index (χ3n) is 3.12. The second-order valence-electron chi connectivity index (χ2n) is 4.34. The SMILES string of the molecule is CCOC(C)CNC1CCCCC1OC. The minimum absolute atomic E-state index is 0.300. The molecule has 0 saturated heterocycles. The molecule has 1 rings (SSSR count). The Kier molecular flexibility index (Phi) is 6.22. The summed E-state index contributed by atoms with van der Waals surface area (Å²) in [6.45, 7) is 5.87. The summed E-state index contributed by atoms with van der Waals surface area (Å²) in [6, 6.07) is 0.520. The maximum Gasteiger partial charge on any atom is 0.0724 e. The first-order valence-electron chi connectivity index (χ1n) is 6.15. The second-order valence-corrected chi connectivity index (χ2v) is 4.34. The molecule has 90 valence electrons. The van der Waals surface area contributed by atoms with E-state index in [0.717, 1.165) is 13.2 Å². The van der Waals surface area contributed by atoms with Gasteiger partial charge >= 0.3 is 0 Å². The third-order valence-corrected chi connectivity index (χ3v) is 3.12. The van der Waals surface area contributed by atoms with E-state index in [2.05, 4.69) is 12.2 Å². The predicted molar refractivity (Wildman–Crippen MR) is 62.1 cm³/mol. The highest BCUT2D eigenvalue weighted by Crippen LogP contribution is 2.20. The van der Waals surface area contributed by atoms with Crippen LogP contribution in [0.25, 0.3) is 0 Å². The van der Waals surface area contributed by atoms with Crippen molar-refractivity contribution in [2.75, 3.05) is 20.3 Å². The van der Waals surface area contributed by atoms with Gasteiger partial charge in [-0.3, -0.25) is 0 Å². The Morgan fingerprint density at radius 3 is 2.73 bits per heavy atom. The molecule has 3 heteroatoms. The summed E-state index contributed by atoms with van der Waals surface area (Å²) in [7, 11) is 1.82. The zero-order valence-electron chi connectivity index (χ0n) is 10.3. The van der Waals surface area contributed by atoms with Gasteiger partial charge in [-0.1, -0.05) is 12.8 Å². The summed E-state index contributed by atoms with van der Waals surface area (Å²) < 4.78 is 11.0. The molecule has 1 N–H and O–H groups in total. The van der Waals surface area contributed by atoms with Crippen molar-refractivity contribution in [2.24, 2.45) is 0 Å². The smallest absolute Gasteiger partial charge is 0.0724 e. The van der Waals surface area contributed by atoms with Gasteiger partial charge in [0.05, 0.1) is 12.2 Å². The number of nitrogens with one attached hydrogen (secondary N) is 1. The molecule has 0 heterocycles. The Balaban J connectivity index is 2.22. The first kappa shape index (κ1) is 12.9. The number of hydrogen-bond donors (Lipinski definition) is 1. The van der Waals surface area contributed by atoms with Crippen LogP contribution < -0.4 is 5.32 Å². The van der Waals surface area contributed by atoms with Crippen LogP contribution in [0.4, 0.5) is 0 Å². The van der Waals surface area contributed by atoms with Crippen LogP contribution >= 0.6 is 0 Å². The molecule has 1 fully saturated rings. The van der Waals surface area contributed by atoms with Crippen molar-refractivity contribution in [3.8, 4) is 0 Å². The Labute approximate surface area is 93.5 Å². The number of hydrogen-bond acceptors (Lipinski definition) is 3. The van der Waals surface area contributed by atoms with Crippen LogP contribution in [0.15, 0.2) is 0 Å². The monoisotopic (exact) mass is 215 g/mol. The normalized spacial score (nSPS) is 29.0. The molecule has 0 amide bonds. The van der Waals surface area contributed by atoms with Crippen molar-refractivity contribution in [1.82, 2.24) is 5.32 Å². The summed E-state index contributed by atoms with van der Waals surface area (Å²) in [5.74, 6) is 0. The Morgan fingerprint density at radius 1 is 1.33 bits per heavy atom. The molecule has 0 aromatic rings. The van der Waals surface area contributed by atoms with E-state index in [1.165, 1.54) is 25.7 Å². The van der Waals surface area contributed by atoms with Crippen molar-refractivity contribution in [3.63, 3.8) is 0 Å². The number of rotatable bonds is 6. The molecule has 0 aromatic carbocycles. The summed E-state index contributed by atoms with van der Waals surface area (Å²) in [5.41, 5.74) is 0. The highest BCUT2D eigenvalue weighted by molar-refractivity contribution is 4.82. The topological polar surface area (TPSA) is 30.5 Å². The largest absolute Gasteiger partial charge is 0.380 e. The second kappa shape index (κ2) is 7.20. The van der Waals surface area contributed by atoms with Crippen molar-refractivity contribution in [2.45, 2.75) is 57.8 Å². The van der Waals surface area contributed by atoms with E-state index >= 15 is 0 Å². The van der Waals surface area contributed by atoms with Gasteiger partial charge in [0.25, 0.3) is 0 Å².